The van der Waals surface area contributed by atoms with E-state index in [1.54, 1.807) is 0 Å². The molecule has 0 saturated carbocycles. The predicted molar refractivity (Wildman–Crippen MR) is 61.9 cm³/mol. The van der Waals surface area contributed by atoms with Crippen LogP contribution in [0, 0.1) is 17.7 Å². The number of amides is 2. The molecule has 18 heavy (non-hydrogen) atoms. The summed E-state index contributed by atoms with van der Waals surface area (Å²) in [6.07, 6.45) is 0. The molecule has 0 aromatic heterocycles. The van der Waals surface area contributed by atoms with Crippen LogP contribution in [0.5, 0.6) is 0 Å². The minimum absolute atomic E-state index is 0.0165. The van der Waals surface area contributed by atoms with Crippen LogP contribution in [-0.2, 0) is 4.79 Å². The van der Waals surface area contributed by atoms with E-state index in [0.29, 0.717) is 0 Å². The highest BCUT2D eigenvalue weighted by molar-refractivity contribution is 5.98. The van der Waals surface area contributed by atoms with Gasteiger partial charge in [-0.15, -0.1) is 0 Å². The number of hydrogen-bond acceptors (Lipinski definition) is 3. The van der Waals surface area contributed by atoms with Gasteiger partial charge in [0.2, 0.25) is 5.91 Å². The first-order valence-corrected chi connectivity index (χ1v) is 5.00. The smallest absolute Gasteiger partial charge is 0.253 e. The number of hydrogen-bond donors (Lipinski definition) is 3. The number of halogens is 1. The Balaban J connectivity index is 3.01. The number of aliphatic hydroxyl groups excluding tert-OH is 1. The second kappa shape index (κ2) is 6.37. The van der Waals surface area contributed by atoms with Crippen LogP contribution in [0.4, 0.5) is 4.39 Å². The van der Waals surface area contributed by atoms with Gasteiger partial charge in [0.25, 0.3) is 5.91 Å². The number of nitrogens with two attached hydrogens (primary N) is 1. The zero-order valence-corrected chi connectivity index (χ0v) is 9.37. The minimum atomic E-state index is -0.706. The number of carbonyl (C=O) groups is 2. The zero-order chi connectivity index (χ0) is 13.5. The second-order valence-corrected chi connectivity index (χ2v) is 3.30. The molecule has 1 aromatic carbocycles. The van der Waals surface area contributed by atoms with E-state index in [-0.39, 0.29) is 24.3 Å². The first kappa shape index (κ1) is 13.7. The molecule has 0 aliphatic rings. The Morgan fingerprint density at radius 2 is 2.17 bits per heavy atom. The Hall–Kier alpha value is -2.39. The summed E-state index contributed by atoms with van der Waals surface area (Å²) in [6.45, 7) is -0.720. The van der Waals surface area contributed by atoms with Gasteiger partial charge < -0.3 is 16.2 Å². The van der Waals surface area contributed by atoms with Gasteiger partial charge in [0, 0.05) is 5.56 Å². The number of nitrogens with one attached hydrogen (secondary N) is 1. The van der Waals surface area contributed by atoms with Gasteiger partial charge in [-0.25, -0.2) is 4.39 Å². The van der Waals surface area contributed by atoms with E-state index >= 15 is 0 Å². The highest BCUT2D eigenvalue weighted by Gasteiger charge is 2.11. The van der Waals surface area contributed by atoms with Crippen LogP contribution in [0.3, 0.4) is 0 Å². The third-order valence-corrected chi connectivity index (χ3v) is 1.95. The molecule has 0 fully saturated rings. The van der Waals surface area contributed by atoms with Gasteiger partial charge in [-0.05, 0) is 18.2 Å². The summed E-state index contributed by atoms with van der Waals surface area (Å²) < 4.78 is 13.1. The number of carbonyl (C=O) groups excluding carboxylic acids is 2. The van der Waals surface area contributed by atoms with Gasteiger partial charge in [-0.1, -0.05) is 11.8 Å². The quantitative estimate of drug-likeness (QED) is 0.624. The van der Waals surface area contributed by atoms with Crippen LogP contribution in [0.15, 0.2) is 18.2 Å². The van der Waals surface area contributed by atoms with E-state index in [1.807, 2.05) is 0 Å². The molecule has 94 valence electrons. The molecule has 2 amide bonds. The lowest BCUT2D eigenvalue weighted by Gasteiger charge is -2.05. The molecule has 0 spiro atoms. The lowest BCUT2D eigenvalue weighted by Crippen LogP contribution is -2.33. The molecule has 0 heterocycles. The van der Waals surface area contributed by atoms with E-state index in [9.17, 15) is 14.0 Å². The molecule has 1 aromatic rings. The maximum Gasteiger partial charge on any atom is 0.253 e. The third kappa shape index (κ3) is 3.88. The zero-order valence-electron chi connectivity index (χ0n) is 9.37. The summed E-state index contributed by atoms with van der Waals surface area (Å²) >= 11 is 0. The number of benzene rings is 1. The Kier molecular flexibility index (Phi) is 4.84. The predicted octanol–water partition coefficient (Wildman–Crippen LogP) is -0.615. The molecule has 0 aliphatic carbocycles. The van der Waals surface area contributed by atoms with Crippen molar-refractivity contribution in [3.05, 3.63) is 35.1 Å². The van der Waals surface area contributed by atoms with Crippen LogP contribution in [-0.4, -0.2) is 30.1 Å². The summed E-state index contributed by atoms with van der Waals surface area (Å²) in [5, 5.41) is 10.8. The van der Waals surface area contributed by atoms with Crippen molar-refractivity contribution in [3.8, 4) is 11.8 Å². The standard InChI is InChI=1S/C12H11FN2O3/c13-9-4-3-8(2-1-5-16)10(6-9)12(18)15-7-11(14)17/h3-4,6,16H,5,7H2,(H2,14,17)(H,15,18). The summed E-state index contributed by atoms with van der Waals surface area (Å²) in [5.41, 5.74) is 5.12. The topological polar surface area (TPSA) is 92.4 Å². The van der Waals surface area contributed by atoms with Crippen molar-refractivity contribution in [1.82, 2.24) is 5.32 Å². The van der Waals surface area contributed by atoms with Crippen molar-refractivity contribution in [2.24, 2.45) is 5.73 Å². The SMILES string of the molecule is NC(=O)CNC(=O)c1cc(F)ccc1C#CCO. The van der Waals surface area contributed by atoms with Gasteiger partial charge in [0.1, 0.15) is 12.4 Å². The number of primary amides is 1. The molecule has 5 nitrogen and oxygen atoms in total. The van der Waals surface area contributed by atoms with Gasteiger partial charge >= 0.3 is 0 Å². The van der Waals surface area contributed by atoms with E-state index < -0.39 is 17.6 Å². The van der Waals surface area contributed by atoms with Crippen LogP contribution in [0.25, 0.3) is 0 Å². The summed E-state index contributed by atoms with van der Waals surface area (Å²) in [4.78, 5) is 22.2. The van der Waals surface area contributed by atoms with Crippen molar-refractivity contribution in [2.75, 3.05) is 13.2 Å². The average Bonchev–Trinajstić information content (AvgIpc) is 2.34. The normalized spacial score (nSPS) is 9.22. The van der Waals surface area contributed by atoms with Crippen LogP contribution < -0.4 is 11.1 Å². The Bertz CT molecular complexity index is 532. The second-order valence-electron chi connectivity index (χ2n) is 3.30. The molecule has 0 atom stereocenters. The largest absolute Gasteiger partial charge is 0.384 e. The third-order valence-electron chi connectivity index (χ3n) is 1.95. The molecule has 4 N–H and O–H groups in total. The monoisotopic (exact) mass is 250 g/mol. The molecule has 0 aliphatic heterocycles. The van der Waals surface area contributed by atoms with Crippen molar-refractivity contribution in [2.45, 2.75) is 0 Å². The maximum atomic E-state index is 13.1. The highest BCUT2D eigenvalue weighted by atomic mass is 19.1. The Morgan fingerprint density at radius 3 is 2.78 bits per heavy atom. The molecule has 1 rings (SSSR count). The van der Waals surface area contributed by atoms with Gasteiger partial charge in [0.05, 0.1) is 12.1 Å². The average molecular weight is 250 g/mol. The van der Waals surface area contributed by atoms with Crippen LogP contribution in [0.1, 0.15) is 15.9 Å². The lowest BCUT2D eigenvalue weighted by atomic mass is 10.1. The fourth-order valence-electron chi connectivity index (χ4n) is 1.21. The summed E-state index contributed by atoms with van der Waals surface area (Å²) in [7, 11) is 0. The van der Waals surface area contributed by atoms with Crippen molar-refractivity contribution in [3.63, 3.8) is 0 Å². The number of aliphatic hydroxyl groups is 1. The fraction of sp³-hybridized carbons (Fsp3) is 0.167. The first-order chi connectivity index (χ1) is 8.54. The lowest BCUT2D eigenvalue weighted by molar-refractivity contribution is -0.117. The van der Waals surface area contributed by atoms with Crippen molar-refractivity contribution < 1.29 is 19.1 Å². The molecule has 0 bridgehead atoms. The fourth-order valence-corrected chi connectivity index (χ4v) is 1.21. The molecule has 0 radical (unpaired) electrons. The molecular weight excluding hydrogens is 239 g/mol. The van der Waals surface area contributed by atoms with Crippen LogP contribution >= 0.6 is 0 Å². The van der Waals surface area contributed by atoms with Crippen molar-refractivity contribution >= 4 is 11.8 Å². The molecule has 6 heteroatoms. The molecule has 0 unspecified atom stereocenters. The van der Waals surface area contributed by atoms with E-state index in [0.717, 1.165) is 12.1 Å². The molecular formula is C12H11FN2O3. The van der Waals surface area contributed by atoms with E-state index in [2.05, 4.69) is 17.2 Å². The van der Waals surface area contributed by atoms with Crippen LogP contribution in [0.2, 0.25) is 0 Å². The van der Waals surface area contributed by atoms with Gasteiger partial charge in [-0.3, -0.25) is 9.59 Å². The van der Waals surface area contributed by atoms with E-state index in [1.165, 1.54) is 6.07 Å². The van der Waals surface area contributed by atoms with Crippen molar-refractivity contribution in [1.29, 1.82) is 0 Å². The maximum absolute atomic E-state index is 13.1. The summed E-state index contributed by atoms with van der Waals surface area (Å²) in [6, 6.07) is 3.46. The Morgan fingerprint density at radius 1 is 1.44 bits per heavy atom. The Labute approximate surface area is 103 Å². The highest BCUT2D eigenvalue weighted by Crippen LogP contribution is 2.10. The molecule has 0 saturated heterocycles. The summed E-state index contributed by atoms with van der Waals surface area (Å²) in [5.74, 6) is 2.90. The van der Waals surface area contributed by atoms with Gasteiger partial charge in [0.15, 0.2) is 0 Å². The minimum Gasteiger partial charge on any atom is -0.384 e. The van der Waals surface area contributed by atoms with Gasteiger partial charge in [-0.2, -0.15) is 0 Å². The first-order valence-electron chi connectivity index (χ1n) is 5.00. The van der Waals surface area contributed by atoms with E-state index in [4.69, 9.17) is 10.8 Å². The number of rotatable bonds is 3.